The minimum absolute atomic E-state index is 0.0582. The monoisotopic (exact) mass is 279 g/mol. The highest BCUT2D eigenvalue weighted by molar-refractivity contribution is 6.33. The maximum absolute atomic E-state index is 11.1. The summed E-state index contributed by atoms with van der Waals surface area (Å²) in [5.41, 5.74) is 0.462. The molecule has 1 aliphatic heterocycles. The molecular weight excluding hydrogens is 270 g/mol. The summed E-state index contributed by atoms with van der Waals surface area (Å²) in [5, 5.41) is 19.1. The van der Waals surface area contributed by atoms with Gasteiger partial charge in [0.15, 0.2) is 5.82 Å². The molecule has 0 saturated heterocycles. The second kappa shape index (κ2) is 4.51. The van der Waals surface area contributed by atoms with Gasteiger partial charge in [0.05, 0.1) is 11.5 Å². The number of rotatable bonds is 2. The van der Waals surface area contributed by atoms with Gasteiger partial charge in [-0.3, -0.25) is 10.1 Å². The topological polar surface area (TPSA) is 77.1 Å². The minimum atomic E-state index is -0.447. The van der Waals surface area contributed by atoms with Crippen LogP contribution in [0, 0.1) is 10.1 Å². The molecule has 0 unspecified atom stereocenters. The van der Waals surface area contributed by atoms with Gasteiger partial charge < -0.3 is 9.47 Å². The maximum atomic E-state index is 11.1. The van der Waals surface area contributed by atoms with Crippen molar-refractivity contribution in [2.45, 2.75) is 13.1 Å². The average Bonchev–Trinajstić information content (AvgIpc) is 2.85. The summed E-state index contributed by atoms with van der Waals surface area (Å²) in [5.74, 6) is 0.792. The van der Waals surface area contributed by atoms with Crippen molar-refractivity contribution in [3.05, 3.63) is 45.5 Å². The first-order valence-electron chi connectivity index (χ1n) is 5.71. The van der Waals surface area contributed by atoms with E-state index in [1.54, 1.807) is 18.5 Å². The lowest BCUT2D eigenvalue weighted by Crippen LogP contribution is -2.34. The van der Waals surface area contributed by atoms with Crippen molar-refractivity contribution >= 4 is 23.0 Å². The molecule has 0 N–H and O–H groups in total. The number of hydrogen-bond donors (Lipinski definition) is 0. The summed E-state index contributed by atoms with van der Waals surface area (Å²) < 4.78 is 1.94. The van der Waals surface area contributed by atoms with E-state index < -0.39 is 4.92 Å². The quantitative estimate of drug-likeness (QED) is 0.619. The third kappa shape index (κ3) is 2.01. The maximum Gasteiger partial charge on any atom is 0.310 e. The second-order valence-electron chi connectivity index (χ2n) is 4.23. The van der Waals surface area contributed by atoms with Crippen molar-refractivity contribution < 1.29 is 4.92 Å². The largest absolute Gasteiger partial charge is 0.357 e. The summed E-state index contributed by atoms with van der Waals surface area (Å²) in [6.45, 7) is 1.85. The van der Waals surface area contributed by atoms with Crippen molar-refractivity contribution in [2.75, 3.05) is 11.4 Å². The van der Waals surface area contributed by atoms with Crippen LogP contribution in [0.3, 0.4) is 0 Å². The van der Waals surface area contributed by atoms with Crippen LogP contribution < -0.4 is 4.90 Å². The molecule has 0 fully saturated rings. The molecule has 2 heterocycles. The predicted octanol–water partition coefficient (Wildman–Crippen LogP) is 1.86. The van der Waals surface area contributed by atoms with E-state index in [0.29, 0.717) is 25.3 Å². The van der Waals surface area contributed by atoms with E-state index in [-0.39, 0.29) is 10.7 Å². The Hall–Kier alpha value is -2.15. The van der Waals surface area contributed by atoms with E-state index in [4.69, 9.17) is 11.6 Å². The Bertz CT molecular complexity index is 642. The van der Waals surface area contributed by atoms with E-state index in [9.17, 15) is 10.1 Å². The summed E-state index contributed by atoms with van der Waals surface area (Å²) >= 11 is 5.92. The van der Waals surface area contributed by atoms with Crippen LogP contribution in [0.15, 0.2) is 24.5 Å². The van der Waals surface area contributed by atoms with Gasteiger partial charge in [0, 0.05) is 13.1 Å². The molecule has 0 bridgehead atoms. The molecule has 1 aliphatic rings. The number of benzene rings is 1. The minimum Gasteiger partial charge on any atom is -0.357 e. The fourth-order valence-corrected chi connectivity index (χ4v) is 2.45. The van der Waals surface area contributed by atoms with E-state index in [1.165, 1.54) is 6.07 Å². The van der Waals surface area contributed by atoms with Gasteiger partial charge in [-0.15, -0.1) is 10.2 Å². The summed E-state index contributed by atoms with van der Waals surface area (Å²) in [7, 11) is 0. The van der Waals surface area contributed by atoms with Crippen LogP contribution in [0.2, 0.25) is 5.02 Å². The van der Waals surface area contributed by atoms with Crippen LogP contribution in [-0.2, 0) is 13.1 Å². The van der Waals surface area contributed by atoms with Crippen molar-refractivity contribution in [3.8, 4) is 0 Å². The van der Waals surface area contributed by atoms with Gasteiger partial charge in [-0.2, -0.15) is 0 Å². The SMILES string of the molecule is O=[N+]([O-])c1c(Cl)cccc1N1CCn2cnnc2C1. The van der Waals surface area contributed by atoms with Gasteiger partial charge in [0.25, 0.3) is 0 Å². The summed E-state index contributed by atoms with van der Waals surface area (Å²) in [4.78, 5) is 12.6. The highest BCUT2D eigenvalue weighted by Crippen LogP contribution is 2.36. The Kier molecular flexibility index (Phi) is 2.83. The zero-order chi connectivity index (χ0) is 13.4. The lowest BCUT2D eigenvalue weighted by atomic mass is 10.2. The van der Waals surface area contributed by atoms with Crippen LogP contribution >= 0.6 is 11.6 Å². The molecule has 1 aromatic heterocycles. The second-order valence-corrected chi connectivity index (χ2v) is 4.63. The number of halogens is 1. The number of nitrogens with zero attached hydrogens (tertiary/aromatic N) is 5. The molecule has 2 aromatic rings. The average molecular weight is 280 g/mol. The van der Waals surface area contributed by atoms with Crippen LogP contribution in [0.25, 0.3) is 0 Å². The lowest BCUT2D eigenvalue weighted by molar-refractivity contribution is -0.384. The molecule has 0 atom stereocenters. The molecule has 3 rings (SSSR count). The number of para-hydroxylation sites is 1. The molecule has 0 spiro atoms. The Morgan fingerprint density at radius 1 is 1.37 bits per heavy atom. The van der Waals surface area contributed by atoms with E-state index >= 15 is 0 Å². The number of fused-ring (bicyclic) bond motifs is 1. The Morgan fingerprint density at radius 3 is 3.00 bits per heavy atom. The van der Waals surface area contributed by atoms with Crippen molar-refractivity contribution in [3.63, 3.8) is 0 Å². The van der Waals surface area contributed by atoms with Gasteiger partial charge in [0.2, 0.25) is 0 Å². The van der Waals surface area contributed by atoms with E-state index in [2.05, 4.69) is 10.2 Å². The highest BCUT2D eigenvalue weighted by atomic mass is 35.5. The Balaban J connectivity index is 2.00. The standard InChI is InChI=1S/C11H10ClN5O2/c12-8-2-1-3-9(11(8)17(18)19)15-4-5-16-7-13-14-10(16)6-15/h1-3,7H,4-6H2. The predicted molar refractivity (Wildman–Crippen MR) is 69.2 cm³/mol. The van der Waals surface area contributed by atoms with Crippen molar-refractivity contribution in [2.24, 2.45) is 0 Å². The fraction of sp³-hybridized carbons (Fsp3) is 0.273. The molecule has 8 heteroatoms. The van der Waals surface area contributed by atoms with Crippen LogP contribution in [0.1, 0.15) is 5.82 Å². The van der Waals surface area contributed by atoms with Crippen LogP contribution in [-0.4, -0.2) is 26.2 Å². The van der Waals surface area contributed by atoms with Gasteiger partial charge in [-0.05, 0) is 12.1 Å². The molecule has 98 valence electrons. The Labute approximate surface area is 113 Å². The smallest absolute Gasteiger partial charge is 0.310 e. The first kappa shape index (κ1) is 11.9. The molecule has 0 radical (unpaired) electrons. The van der Waals surface area contributed by atoms with Crippen LogP contribution in [0.5, 0.6) is 0 Å². The first-order chi connectivity index (χ1) is 9.16. The van der Waals surface area contributed by atoms with Crippen LogP contribution in [0.4, 0.5) is 11.4 Å². The number of anilines is 1. The zero-order valence-corrected chi connectivity index (χ0v) is 10.6. The molecule has 7 nitrogen and oxygen atoms in total. The fourth-order valence-electron chi connectivity index (χ4n) is 2.21. The molecular formula is C11H10ClN5O2. The Morgan fingerprint density at radius 2 is 2.21 bits per heavy atom. The van der Waals surface area contributed by atoms with Gasteiger partial charge in [-0.25, -0.2) is 0 Å². The van der Waals surface area contributed by atoms with Crippen molar-refractivity contribution in [1.29, 1.82) is 0 Å². The van der Waals surface area contributed by atoms with E-state index in [1.807, 2.05) is 9.47 Å². The molecule has 19 heavy (non-hydrogen) atoms. The number of nitro groups is 1. The summed E-state index contributed by atoms with van der Waals surface area (Å²) in [6.07, 6.45) is 1.67. The molecule has 0 amide bonds. The summed E-state index contributed by atoms with van der Waals surface area (Å²) in [6, 6.07) is 4.94. The number of nitro benzene ring substituents is 1. The van der Waals surface area contributed by atoms with Gasteiger partial charge >= 0.3 is 5.69 Å². The third-order valence-corrected chi connectivity index (χ3v) is 3.43. The first-order valence-corrected chi connectivity index (χ1v) is 6.09. The van der Waals surface area contributed by atoms with Gasteiger partial charge in [0.1, 0.15) is 17.0 Å². The molecule has 0 aliphatic carbocycles. The van der Waals surface area contributed by atoms with Gasteiger partial charge in [-0.1, -0.05) is 17.7 Å². The lowest BCUT2D eigenvalue weighted by Gasteiger charge is -2.28. The number of aromatic nitrogens is 3. The normalized spacial score (nSPS) is 14.3. The number of hydrogen-bond acceptors (Lipinski definition) is 5. The van der Waals surface area contributed by atoms with Crippen molar-refractivity contribution in [1.82, 2.24) is 14.8 Å². The molecule has 0 saturated carbocycles. The molecule has 1 aromatic carbocycles. The van der Waals surface area contributed by atoms with E-state index in [0.717, 1.165) is 5.82 Å². The third-order valence-electron chi connectivity index (χ3n) is 3.13. The zero-order valence-electron chi connectivity index (χ0n) is 9.86. The highest BCUT2D eigenvalue weighted by Gasteiger charge is 2.26.